The third-order valence-electron chi connectivity index (χ3n) is 3.62. The van der Waals surface area contributed by atoms with E-state index in [-0.39, 0.29) is 0 Å². The van der Waals surface area contributed by atoms with Crippen molar-refractivity contribution in [2.24, 2.45) is 17.0 Å². The first-order chi connectivity index (χ1) is 10.6. The van der Waals surface area contributed by atoms with Gasteiger partial charge in [-0.3, -0.25) is 4.79 Å². The molecule has 5 nitrogen and oxygen atoms in total. The zero-order valence-corrected chi connectivity index (χ0v) is 13.7. The highest BCUT2D eigenvalue weighted by Gasteiger charge is 2.07. The van der Waals surface area contributed by atoms with Crippen LogP contribution in [0.15, 0.2) is 23.3 Å². The Morgan fingerprint density at radius 1 is 1.27 bits per heavy atom. The maximum Gasteiger partial charge on any atom is 0.150 e. The predicted octanol–water partition coefficient (Wildman–Crippen LogP) is 5.67. The molecule has 5 heteroatoms. The first kappa shape index (κ1) is 18.1. The fraction of sp³-hybridized carbons (Fsp3) is 0.588. The zero-order chi connectivity index (χ0) is 16.4. The summed E-state index contributed by atoms with van der Waals surface area (Å²) < 4.78 is 5.71. The summed E-state index contributed by atoms with van der Waals surface area (Å²) in [5.41, 5.74) is 9.49. The van der Waals surface area contributed by atoms with Crippen molar-refractivity contribution in [3.63, 3.8) is 0 Å². The molecule has 0 bridgehead atoms. The van der Waals surface area contributed by atoms with E-state index in [4.69, 9.17) is 10.3 Å². The van der Waals surface area contributed by atoms with Crippen LogP contribution in [-0.2, 0) is 0 Å². The molecule has 0 aliphatic heterocycles. The normalized spacial score (nSPS) is 11.8. The molecule has 0 amide bonds. The van der Waals surface area contributed by atoms with Crippen molar-refractivity contribution in [2.75, 3.05) is 6.61 Å². The van der Waals surface area contributed by atoms with Crippen LogP contribution in [0.4, 0.5) is 5.69 Å². The van der Waals surface area contributed by atoms with E-state index in [1.807, 2.05) is 0 Å². The van der Waals surface area contributed by atoms with E-state index in [0.29, 0.717) is 29.5 Å². The van der Waals surface area contributed by atoms with Crippen LogP contribution in [0.25, 0.3) is 10.4 Å². The van der Waals surface area contributed by atoms with Gasteiger partial charge in [-0.25, -0.2) is 0 Å². The molecule has 22 heavy (non-hydrogen) atoms. The van der Waals surface area contributed by atoms with E-state index in [2.05, 4.69) is 30.8 Å². The summed E-state index contributed by atoms with van der Waals surface area (Å²) in [5, 5.41) is 3.59. The van der Waals surface area contributed by atoms with Crippen molar-refractivity contribution < 1.29 is 9.53 Å². The Morgan fingerprint density at radius 3 is 2.68 bits per heavy atom. The molecule has 0 radical (unpaired) electrons. The van der Waals surface area contributed by atoms with E-state index < -0.39 is 0 Å². The van der Waals surface area contributed by atoms with Gasteiger partial charge >= 0.3 is 0 Å². The number of carbonyl (C=O) groups excluding carboxylic acids is 1. The van der Waals surface area contributed by atoms with Gasteiger partial charge in [-0.2, -0.15) is 0 Å². The monoisotopic (exact) mass is 303 g/mol. The minimum Gasteiger partial charge on any atom is -0.493 e. The lowest BCUT2D eigenvalue weighted by molar-refractivity contribution is 0.112. The van der Waals surface area contributed by atoms with Gasteiger partial charge in [-0.1, -0.05) is 51.2 Å². The van der Waals surface area contributed by atoms with Crippen LogP contribution < -0.4 is 4.74 Å². The predicted molar refractivity (Wildman–Crippen MR) is 88.6 cm³/mol. The quantitative estimate of drug-likeness (QED) is 0.241. The molecular formula is C17H25N3O2. The summed E-state index contributed by atoms with van der Waals surface area (Å²) in [6.45, 7) is 7.26. The van der Waals surface area contributed by atoms with E-state index in [9.17, 15) is 4.79 Å². The molecular weight excluding hydrogens is 278 g/mol. The summed E-state index contributed by atoms with van der Waals surface area (Å²) in [5.74, 6) is 1.81. The highest BCUT2D eigenvalue weighted by Crippen LogP contribution is 2.29. The van der Waals surface area contributed by atoms with E-state index in [1.165, 1.54) is 19.3 Å². The molecule has 1 aromatic rings. The topological polar surface area (TPSA) is 75.1 Å². The Morgan fingerprint density at radius 2 is 2.05 bits per heavy atom. The van der Waals surface area contributed by atoms with Gasteiger partial charge in [-0.05, 0) is 35.9 Å². The molecule has 0 heterocycles. The lowest BCUT2D eigenvalue weighted by Crippen LogP contribution is -2.05. The van der Waals surface area contributed by atoms with Gasteiger partial charge < -0.3 is 4.74 Å². The van der Waals surface area contributed by atoms with E-state index >= 15 is 0 Å². The number of ether oxygens (including phenoxy) is 1. The van der Waals surface area contributed by atoms with Crippen molar-refractivity contribution in [1.29, 1.82) is 0 Å². The van der Waals surface area contributed by atoms with E-state index in [0.717, 1.165) is 18.6 Å². The molecule has 0 aliphatic rings. The second-order valence-corrected chi connectivity index (χ2v) is 6.10. The van der Waals surface area contributed by atoms with Crippen LogP contribution in [0, 0.1) is 11.8 Å². The summed E-state index contributed by atoms with van der Waals surface area (Å²) in [6.07, 6.45) is 5.39. The molecule has 0 N–H and O–H groups in total. The van der Waals surface area contributed by atoms with Gasteiger partial charge in [-0.15, -0.1) is 0 Å². The van der Waals surface area contributed by atoms with Crippen LogP contribution in [0.3, 0.4) is 0 Å². The van der Waals surface area contributed by atoms with E-state index in [1.54, 1.807) is 18.2 Å². The fourth-order valence-corrected chi connectivity index (χ4v) is 2.24. The third-order valence-corrected chi connectivity index (χ3v) is 3.62. The van der Waals surface area contributed by atoms with Gasteiger partial charge in [0.1, 0.15) is 12.0 Å². The van der Waals surface area contributed by atoms with Gasteiger partial charge in [0.05, 0.1) is 12.3 Å². The van der Waals surface area contributed by atoms with Crippen LogP contribution >= 0.6 is 0 Å². The minimum absolute atomic E-state index is 0.417. The van der Waals surface area contributed by atoms with Crippen molar-refractivity contribution in [3.05, 3.63) is 34.2 Å². The van der Waals surface area contributed by atoms with Crippen molar-refractivity contribution in [2.45, 2.75) is 46.5 Å². The number of azide groups is 1. The van der Waals surface area contributed by atoms with Crippen LogP contribution in [0.1, 0.15) is 56.8 Å². The molecule has 1 atom stereocenters. The van der Waals surface area contributed by atoms with Gasteiger partial charge in [0, 0.05) is 10.5 Å². The Labute approximate surface area is 132 Å². The summed E-state index contributed by atoms with van der Waals surface area (Å²) in [6, 6.07) is 4.82. The maximum atomic E-state index is 10.8. The highest BCUT2D eigenvalue weighted by atomic mass is 16.5. The molecule has 0 saturated carbocycles. The number of hydrogen-bond donors (Lipinski definition) is 0. The Kier molecular flexibility index (Phi) is 8.08. The average Bonchev–Trinajstić information content (AvgIpc) is 2.48. The average molecular weight is 303 g/mol. The molecule has 0 fully saturated rings. The SMILES string of the molecule is CC(C)CCCC(C)CCOc1cc(C=O)ccc1N=[N+]=[N-]. The van der Waals surface area contributed by atoms with Crippen molar-refractivity contribution >= 4 is 12.0 Å². The van der Waals surface area contributed by atoms with Crippen LogP contribution in [0.2, 0.25) is 0 Å². The van der Waals surface area contributed by atoms with Gasteiger partial charge in [0.2, 0.25) is 0 Å². The van der Waals surface area contributed by atoms with Crippen LogP contribution in [0.5, 0.6) is 5.75 Å². The number of nitrogens with zero attached hydrogens (tertiary/aromatic N) is 3. The lowest BCUT2D eigenvalue weighted by atomic mass is 9.98. The second kappa shape index (κ2) is 9.85. The van der Waals surface area contributed by atoms with Gasteiger partial charge in [0.25, 0.3) is 0 Å². The fourth-order valence-electron chi connectivity index (χ4n) is 2.24. The molecule has 0 saturated heterocycles. The number of rotatable bonds is 10. The number of hydrogen-bond acceptors (Lipinski definition) is 3. The summed E-state index contributed by atoms with van der Waals surface area (Å²) >= 11 is 0. The first-order valence-electron chi connectivity index (χ1n) is 7.84. The Hall–Kier alpha value is -2.00. The zero-order valence-electron chi connectivity index (χ0n) is 13.7. The Balaban J connectivity index is 2.49. The molecule has 1 unspecified atom stereocenters. The largest absolute Gasteiger partial charge is 0.493 e. The van der Waals surface area contributed by atoms with Gasteiger partial charge in [0.15, 0.2) is 0 Å². The smallest absolute Gasteiger partial charge is 0.150 e. The maximum absolute atomic E-state index is 10.8. The molecule has 0 spiro atoms. The molecule has 120 valence electrons. The Bertz CT molecular complexity index is 523. The second-order valence-electron chi connectivity index (χ2n) is 6.10. The standard InChI is InChI=1S/C17H25N3O2/c1-13(2)5-4-6-14(3)9-10-22-17-11-15(12-21)7-8-16(17)19-20-18/h7-8,11-14H,4-6,9-10H2,1-3H3. The molecule has 0 aromatic heterocycles. The minimum atomic E-state index is 0.417. The molecule has 1 rings (SSSR count). The molecule has 0 aliphatic carbocycles. The number of aldehydes is 1. The van der Waals surface area contributed by atoms with Crippen molar-refractivity contribution in [1.82, 2.24) is 0 Å². The molecule has 1 aromatic carbocycles. The van der Waals surface area contributed by atoms with Crippen LogP contribution in [-0.4, -0.2) is 12.9 Å². The third kappa shape index (κ3) is 6.64. The summed E-state index contributed by atoms with van der Waals surface area (Å²) in [4.78, 5) is 13.6. The van der Waals surface area contributed by atoms with Crippen molar-refractivity contribution in [3.8, 4) is 5.75 Å². The summed E-state index contributed by atoms with van der Waals surface area (Å²) in [7, 11) is 0. The highest BCUT2D eigenvalue weighted by molar-refractivity contribution is 5.77. The lowest BCUT2D eigenvalue weighted by Gasteiger charge is -2.14. The number of benzene rings is 1. The first-order valence-corrected chi connectivity index (χ1v) is 7.84. The number of carbonyl (C=O) groups is 1.